The molecular weight excluding hydrogens is 282 g/mol. The van der Waals surface area contributed by atoms with Gasteiger partial charge in [-0.1, -0.05) is 23.7 Å². The molecule has 2 bridgehead atoms. The minimum atomic E-state index is 0.654. The van der Waals surface area contributed by atoms with Crippen LogP contribution in [0.4, 0.5) is 5.69 Å². The molecule has 2 atom stereocenters. The second-order valence-corrected chi connectivity index (χ2v) is 6.31. The normalized spacial score (nSPS) is 24.3. The standard InChI is InChI=1S/C17H18ClN3/c18-15-3-1-13(2-4-15)14-9-17(11-19-10-14)21-8-7-20-6-5-16(21)12-20/h1-4,9-11,16H,5-8,12H2. The quantitative estimate of drug-likeness (QED) is 0.848. The summed E-state index contributed by atoms with van der Waals surface area (Å²) in [4.78, 5) is 9.53. The van der Waals surface area contributed by atoms with Gasteiger partial charge in [-0.05, 0) is 30.2 Å². The Labute approximate surface area is 130 Å². The van der Waals surface area contributed by atoms with E-state index in [2.05, 4.69) is 33.0 Å². The summed E-state index contributed by atoms with van der Waals surface area (Å²) in [6, 6.07) is 10.9. The maximum absolute atomic E-state index is 5.97. The molecule has 1 aromatic heterocycles. The second kappa shape index (κ2) is 5.32. The van der Waals surface area contributed by atoms with Crippen molar-refractivity contribution in [1.29, 1.82) is 0 Å². The molecule has 4 heteroatoms. The van der Waals surface area contributed by atoms with Crippen LogP contribution in [0, 0.1) is 0 Å². The average molecular weight is 300 g/mol. The number of pyridine rings is 1. The number of piperazine rings is 1. The highest BCUT2D eigenvalue weighted by Gasteiger charge is 2.32. The maximum atomic E-state index is 5.97. The van der Waals surface area contributed by atoms with Gasteiger partial charge in [0.15, 0.2) is 0 Å². The third-order valence-electron chi connectivity index (χ3n) is 4.58. The Morgan fingerprint density at radius 3 is 2.71 bits per heavy atom. The molecule has 3 heterocycles. The van der Waals surface area contributed by atoms with Crippen LogP contribution < -0.4 is 4.90 Å². The first-order valence-corrected chi connectivity index (χ1v) is 7.87. The van der Waals surface area contributed by atoms with Crippen LogP contribution in [0.3, 0.4) is 0 Å². The number of anilines is 1. The van der Waals surface area contributed by atoms with E-state index in [1.807, 2.05) is 24.5 Å². The topological polar surface area (TPSA) is 19.4 Å². The van der Waals surface area contributed by atoms with Crippen LogP contribution in [0.25, 0.3) is 11.1 Å². The van der Waals surface area contributed by atoms with Gasteiger partial charge in [-0.25, -0.2) is 0 Å². The molecule has 1 aromatic carbocycles. The van der Waals surface area contributed by atoms with Crippen LogP contribution in [0.1, 0.15) is 6.42 Å². The summed E-state index contributed by atoms with van der Waals surface area (Å²) in [6.07, 6.45) is 5.19. The van der Waals surface area contributed by atoms with Gasteiger partial charge in [0, 0.05) is 49.0 Å². The van der Waals surface area contributed by atoms with Gasteiger partial charge in [0.05, 0.1) is 11.9 Å². The summed E-state index contributed by atoms with van der Waals surface area (Å²) in [6.45, 7) is 4.72. The van der Waals surface area contributed by atoms with Crippen LogP contribution >= 0.6 is 11.6 Å². The Balaban J connectivity index is 1.65. The van der Waals surface area contributed by atoms with Gasteiger partial charge >= 0.3 is 0 Å². The van der Waals surface area contributed by atoms with Gasteiger partial charge in [-0.15, -0.1) is 0 Å². The zero-order valence-electron chi connectivity index (χ0n) is 11.9. The molecule has 0 N–H and O–H groups in total. The Morgan fingerprint density at radius 1 is 1.00 bits per heavy atom. The third-order valence-corrected chi connectivity index (χ3v) is 4.83. The van der Waals surface area contributed by atoms with E-state index in [0.717, 1.165) is 17.1 Å². The Bertz CT molecular complexity index is 641. The molecule has 0 spiro atoms. The first-order chi connectivity index (χ1) is 10.3. The largest absolute Gasteiger partial charge is 0.365 e. The summed E-state index contributed by atoms with van der Waals surface area (Å²) in [7, 11) is 0. The fraction of sp³-hybridized carbons (Fsp3) is 0.353. The number of rotatable bonds is 2. The third kappa shape index (κ3) is 2.52. The van der Waals surface area contributed by atoms with Crippen molar-refractivity contribution >= 4 is 17.3 Å². The van der Waals surface area contributed by atoms with Crippen molar-refractivity contribution in [3.05, 3.63) is 47.7 Å². The molecule has 4 rings (SSSR count). The van der Waals surface area contributed by atoms with Crippen LogP contribution in [0.15, 0.2) is 42.7 Å². The predicted octanol–water partition coefficient (Wildman–Crippen LogP) is 3.30. The maximum Gasteiger partial charge on any atom is 0.0562 e. The fourth-order valence-corrected chi connectivity index (χ4v) is 3.55. The van der Waals surface area contributed by atoms with Gasteiger partial charge in [0.1, 0.15) is 0 Å². The van der Waals surface area contributed by atoms with E-state index in [4.69, 9.17) is 11.6 Å². The zero-order valence-corrected chi connectivity index (χ0v) is 12.6. The van der Waals surface area contributed by atoms with E-state index in [1.165, 1.54) is 37.3 Å². The summed E-state index contributed by atoms with van der Waals surface area (Å²) >= 11 is 5.97. The van der Waals surface area contributed by atoms with Gasteiger partial charge in [-0.2, -0.15) is 0 Å². The molecule has 2 aliphatic heterocycles. The molecule has 2 fully saturated rings. The number of fused-ring (bicyclic) bond motifs is 2. The molecule has 21 heavy (non-hydrogen) atoms. The van der Waals surface area contributed by atoms with Gasteiger partial charge < -0.3 is 4.90 Å². The average Bonchev–Trinajstić information content (AvgIpc) is 2.89. The van der Waals surface area contributed by atoms with E-state index in [9.17, 15) is 0 Å². The SMILES string of the molecule is Clc1ccc(-c2cncc(N3CCN4CCC3C4)c2)cc1. The summed E-state index contributed by atoms with van der Waals surface area (Å²) < 4.78 is 0. The molecule has 0 radical (unpaired) electrons. The van der Waals surface area contributed by atoms with Crippen molar-refractivity contribution in [3.63, 3.8) is 0 Å². The molecule has 2 saturated heterocycles. The van der Waals surface area contributed by atoms with Crippen molar-refractivity contribution in [2.45, 2.75) is 12.5 Å². The number of nitrogens with zero attached hydrogens (tertiary/aromatic N) is 3. The minimum Gasteiger partial charge on any atom is -0.365 e. The predicted molar refractivity (Wildman–Crippen MR) is 86.9 cm³/mol. The summed E-state index contributed by atoms with van der Waals surface area (Å²) in [5.41, 5.74) is 3.57. The number of hydrogen-bond acceptors (Lipinski definition) is 3. The van der Waals surface area contributed by atoms with Gasteiger partial charge in [0.25, 0.3) is 0 Å². The van der Waals surface area contributed by atoms with E-state index in [-0.39, 0.29) is 0 Å². The monoisotopic (exact) mass is 299 g/mol. The molecule has 0 amide bonds. The molecule has 2 aromatic rings. The number of aromatic nitrogens is 1. The van der Waals surface area contributed by atoms with Crippen LogP contribution in [0.5, 0.6) is 0 Å². The van der Waals surface area contributed by atoms with Gasteiger partial charge in [0.2, 0.25) is 0 Å². The lowest BCUT2D eigenvalue weighted by Crippen LogP contribution is -2.46. The molecule has 3 nitrogen and oxygen atoms in total. The van der Waals surface area contributed by atoms with Crippen molar-refractivity contribution in [2.75, 3.05) is 31.1 Å². The van der Waals surface area contributed by atoms with Crippen LogP contribution in [-0.2, 0) is 0 Å². The molecule has 0 aliphatic carbocycles. The highest BCUT2D eigenvalue weighted by molar-refractivity contribution is 6.30. The Hall–Kier alpha value is -1.58. The summed E-state index contributed by atoms with van der Waals surface area (Å²) in [5.74, 6) is 0. The molecule has 0 saturated carbocycles. The van der Waals surface area contributed by atoms with E-state index in [1.54, 1.807) is 0 Å². The van der Waals surface area contributed by atoms with Crippen LogP contribution in [-0.4, -0.2) is 42.1 Å². The minimum absolute atomic E-state index is 0.654. The van der Waals surface area contributed by atoms with E-state index in [0.29, 0.717) is 6.04 Å². The lowest BCUT2D eigenvalue weighted by Gasteiger charge is -2.36. The van der Waals surface area contributed by atoms with Crippen molar-refractivity contribution in [3.8, 4) is 11.1 Å². The van der Waals surface area contributed by atoms with Gasteiger partial charge in [-0.3, -0.25) is 9.88 Å². The fourth-order valence-electron chi connectivity index (χ4n) is 3.43. The van der Waals surface area contributed by atoms with Crippen molar-refractivity contribution < 1.29 is 0 Å². The first-order valence-electron chi connectivity index (χ1n) is 7.49. The Morgan fingerprint density at radius 2 is 1.86 bits per heavy atom. The number of hydrogen-bond donors (Lipinski definition) is 0. The van der Waals surface area contributed by atoms with Crippen LogP contribution in [0.2, 0.25) is 5.02 Å². The number of benzene rings is 1. The molecule has 2 unspecified atom stereocenters. The molecule has 2 aliphatic rings. The lowest BCUT2D eigenvalue weighted by molar-refractivity contribution is 0.310. The highest BCUT2D eigenvalue weighted by atomic mass is 35.5. The number of halogens is 1. The zero-order chi connectivity index (χ0) is 14.2. The van der Waals surface area contributed by atoms with E-state index < -0.39 is 0 Å². The second-order valence-electron chi connectivity index (χ2n) is 5.88. The smallest absolute Gasteiger partial charge is 0.0562 e. The Kier molecular flexibility index (Phi) is 3.32. The van der Waals surface area contributed by atoms with Crippen molar-refractivity contribution in [2.24, 2.45) is 0 Å². The molecule has 108 valence electrons. The van der Waals surface area contributed by atoms with E-state index >= 15 is 0 Å². The van der Waals surface area contributed by atoms with Crippen molar-refractivity contribution in [1.82, 2.24) is 9.88 Å². The highest BCUT2D eigenvalue weighted by Crippen LogP contribution is 2.29. The summed E-state index contributed by atoms with van der Waals surface area (Å²) in [5, 5.41) is 0.768. The molecular formula is C17H18ClN3. The first kappa shape index (κ1) is 13.1. The lowest BCUT2D eigenvalue weighted by atomic mass is 10.1.